The third-order valence-corrected chi connectivity index (χ3v) is 2.49. The van der Waals surface area contributed by atoms with Crippen molar-refractivity contribution >= 4 is 17.5 Å². The van der Waals surface area contributed by atoms with Crippen molar-refractivity contribution in [3.8, 4) is 0 Å². The molecule has 0 aliphatic rings. The molecule has 13 heavy (non-hydrogen) atoms. The highest BCUT2D eigenvalue weighted by atomic mass is 35.5. The van der Waals surface area contributed by atoms with E-state index in [-0.39, 0.29) is 12.3 Å². The Balaban J connectivity index is 4.26. The Morgan fingerprint density at radius 3 is 2.15 bits per heavy atom. The molecule has 0 saturated carbocycles. The lowest BCUT2D eigenvalue weighted by molar-refractivity contribution is -0.125. The molecule has 0 aliphatic carbocycles. The minimum atomic E-state index is -0.949. The summed E-state index contributed by atoms with van der Waals surface area (Å²) in [5.74, 6) is 0.162. The predicted octanol–water partition coefficient (Wildman–Crippen LogP) is 1.28. The summed E-state index contributed by atoms with van der Waals surface area (Å²) in [7, 11) is 0. The molecule has 0 bridgehead atoms. The molecule has 0 fully saturated rings. The van der Waals surface area contributed by atoms with Crippen LogP contribution in [0.5, 0.6) is 0 Å². The van der Waals surface area contributed by atoms with Crippen LogP contribution in [0.3, 0.4) is 0 Å². The molecule has 0 aromatic carbocycles. The molecule has 0 aromatic rings. The van der Waals surface area contributed by atoms with Gasteiger partial charge in [0, 0.05) is 12.3 Å². The maximum atomic E-state index is 11.2. The van der Waals surface area contributed by atoms with E-state index in [1.165, 1.54) is 0 Å². The highest BCUT2D eigenvalue weighted by Gasteiger charge is 2.35. The minimum Gasteiger partial charge on any atom is -0.388 e. The number of amides is 1. The largest absolute Gasteiger partial charge is 0.388 e. The number of hydrogen-bond donors (Lipinski definition) is 2. The molecular formula is C9H18ClNO2. The minimum absolute atomic E-state index is 0.137. The van der Waals surface area contributed by atoms with Crippen LogP contribution in [0.1, 0.15) is 34.1 Å². The predicted molar refractivity (Wildman–Crippen MR) is 53.9 cm³/mol. The van der Waals surface area contributed by atoms with Crippen LogP contribution >= 0.6 is 11.6 Å². The topological polar surface area (TPSA) is 49.3 Å². The molecule has 4 heteroatoms. The molecule has 1 amide bonds. The van der Waals surface area contributed by atoms with E-state index in [2.05, 4.69) is 5.32 Å². The standard InChI is InChI=1S/C9H18ClNO2/c1-8(2,9(3,4)13)11-7(12)5-6-10/h13H,5-6H2,1-4H3,(H,11,12). The van der Waals surface area contributed by atoms with Crippen molar-refractivity contribution in [3.63, 3.8) is 0 Å². The van der Waals surface area contributed by atoms with E-state index in [0.717, 1.165) is 0 Å². The molecule has 0 unspecified atom stereocenters. The SMILES string of the molecule is CC(C)(O)C(C)(C)NC(=O)CCCl. The van der Waals surface area contributed by atoms with E-state index < -0.39 is 11.1 Å². The fraction of sp³-hybridized carbons (Fsp3) is 0.889. The second-order valence-electron chi connectivity index (χ2n) is 4.17. The first-order chi connectivity index (χ1) is 5.70. The monoisotopic (exact) mass is 207 g/mol. The molecule has 0 aromatic heterocycles. The summed E-state index contributed by atoms with van der Waals surface area (Å²) in [6, 6.07) is 0. The summed E-state index contributed by atoms with van der Waals surface area (Å²) < 4.78 is 0. The van der Waals surface area contributed by atoms with Gasteiger partial charge >= 0.3 is 0 Å². The summed E-state index contributed by atoms with van der Waals surface area (Å²) in [5.41, 5.74) is -1.59. The van der Waals surface area contributed by atoms with Gasteiger partial charge in [-0.2, -0.15) is 0 Å². The van der Waals surface area contributed by atoms with Gasteiger partial charge < -0.3 is 10.4 Å². The molecule has 0 rings (SSSR count). The van der Waals surface area contributed by atoms with Gasteiger partial charge in [-0.3, -0.25) is 4.79 Å². The van der Waals surface area contributed by atoms with Gasteiger partial charge in [-0.1, -0.05) is 0 Å². The quantitative estimate of drug-likeness (QED) is 0.683. The maximum absolute atomic E-state index is 11.2. The van der Waals surface area contributed by atoms with E-state index >= 15 is 0 Å². The maximum Gasteiger partial charge on any atom is 0.221 e. The molecule has 0 aliphatic heterocycles. The lowest BCUT2D eigenvalue weighted by Gasteiger charge is -2.37. The molecule has 0 saturated heterocycles. The molecule has 0 spiro atoms. The van der Waals surface area contributed by atoms with Crippen molar-refractivity contribution in [3.05, 3.63) is 0 Å². The van der Waals surface area contributed by atoms with Crippen LogP contribution < -0.4 is 5.32 Å². The van der Waals surface area contributed by atoms with Crippen LogP contribution in [0.2, 0.25) is 0 Å². The van der Waals surface area contributed by atoms with Crippen LogP contribution in [-0.4, -0.2) is 28.0 Å². The number of halogens is 1. The number of rotatable bonds is 4. The fourth-order valence-electron chi connectivity index (χ4n) is 0.650. The van der Waals surface area contributed by atoms with Crippen LogP contribution in [0.25, 0.3) is 0 Å². The van der Waals surface area contributed by atoms with Gasteiger partial charge in [0.15, 0.2) is 0 Å². The summed E-state index contributed by atoms with van der Waals surface area (Å²) in [6.07, 6.45) is 0.279. The van der Waals surface area contributed by atoms with Crippen molar-refractivity contribution in [1.82, 2.24) is 5.32 Å². The Bertz CT molecular complexity index is 185. The molecule has 0 radical (unpaired) electrons. The smallest absolute Gasteiger partial charge is 0.221 e. The second kappa shape index (κ2) is 4.29. The number of aliphatic hydroxyl groups is 1. The van der Waals surface area contributed by atoms with Gasteiger partial charge in [-0.15, -0.1) is 11.6 Å². The van der Waals surface area contributed by atoms with E-state index in [1.54, 1.807) is 27.7 Å². The Hall–Kier alpha value is -0.280. The normalized spacial score (nSPS) is 12.8. The van der Waals surface area contributed by atoms with Gasteiger partial charge in [-0.05, 0) is 27.7 Å². The number of carbonyl (C=O) groups is 1. The van der Waals surface area contributed by atoms with Gasteiger partial charge in [-0.25, -0.2) is 0 Å². The van der Waals surface area contributed by atoms with Crippen LogP contribution in [0.4, 0.5) is 0 Å². The van der Waals surface area contributed by atoms with Gasteiger partial charge in [0.2, 0.25) is 5.91 Å². The Morgan fingerprint density at radius 1 is 1.38 bits per heavy atom. The van der Waals surface area contributed by atoms with E-state index in [1.807, 2.05) is 0 Å². The Kier molecular flexibility index (Phi) is 4.20. The Morgan fingerprint density at radius 2 is 1.85 bits per heavy atom. The van der Waals surface area contributed by atoms with Crippen LogP contribution in [-0.2, 0) is 4.79 Å². The third-order valence-electron chi connectivity index (χ3n) is 2.30. The van der Waals surface area contributed by atoms with E-state index in [4.69, 9.17) is 11.6 Å². The van der Waals surface area contributed by atoms with E-state index in [9.17, 15) is 9.90 Å². The zero-order chi connectivity index (χ0) is 10.7. The van der Waals surface area contributed by atoms with Gasteiger partial charge in [0.05, 0.1) is 11.1 Å². The highest BCUT2D eigenvalue weighted by molar-refractivity contribution is 6.18. The van der Waals surface area contributed by atoms with Gasteiger partial charge in [0.1, 0.15) is 0 Å². The van der Waals surface area contributed by atoms with Crippen molar-refractivity contribution in [2.45, 2.75) is 45.3 Å². The van der Waals surface area contributed by atoms with Crippen molar-refractivity contribution in [1.29, 1.82) is 0 Å². The molecule has 3 nitrogen and oxygen atoms in total. The molecule has 2 N–H and O–H groups in total. The molecule has 0 atom stereocenters. The zero-order valence-electron chi connectivity index (χ0n) is 8.65. The number of hydrogen-bond acceptors (Lipinski definition) is 2. The van der Waals surface area contributed by atoms with Crippen molar-refractivity contribution in [2.75, 3.05) is 5.88 Å². The molecular weight excluding hydrogens is 190 g/mol. The summed E-state index contributed by atoms with van der Waals surface area (Å²) in [4.78, 5) is 11.2. The highest BCUT2D eigenvalue weighted by Crippen LogP contribution is 2.20. The summed E-state index contributed by atoms with van der Waals surface area (Å²) in [5, 5.41) is 12.4. The van der Waals surface area contributed by atoms with Crippen molar-refractivity contribution < 1.29 is 9.90 Å². The molecule has 78 valence electrons. The lowest BCUT2D eigenvalue weighted by atomic mass is 9.86. The third kappa shape index (κ3) is 3.96. The number of carbonyl (C=O) groups excluding carboxylic acids is 1. The van der Waals surface area contributed by atoms with Crippen molar-refractivity contribution in [2.24, 2.45) is 0 Å². The first kappa shape index (κ1) is 12.7. The fourth-order valence-corrected chi connectivity index (χ4v) is 0.821. The van der Waals surface area contributed by atoms with Gasteiger partial charge in [0.25, 0.3) is 0 Å². The molecule has 0 heterocycles. The van der Waals surface area contributed by atoms with E-state index in [0.29, 0.717) is 5.88 Å². The first-order valence-corrected chi connectivity index (χ1v) is 4.83. The average molecular weight is 208 g/mol. The lowest BCUT2D eigenvalue weighted by Crippen LogP contribution is -2.57. The van der Waals surface area contributed by atoms with Crippen LogP contribution in [0.15, 0.2) is 0 Å². The number of nitrogens with one attached hydrogen (secondary N) is 1. The summed E-state index contributed by atoms with van der Waals surface area (Å²) >= 11 is 5.42. The zero-order valence-corrected chi connectivity index (χ0v) is 9.40. The number of alkyl halides is 1. The summed E-state index contributed by atoms with van der Waals surface area (Å²) in [6.45, 7) is 6.88. The van der Waals surface area contributed by atoms with Crippen LogP contribution in [0, 0.1) is 0 Å². The Labute approximate surface area is 84.5 Å². The first-order valence-electron chi connectivity index (χ1n) is 4.30. The average Bonchev–Trinajstić information content (AvgIpc) is 1.83. The second-order valence-corrected chi connectivity index (χ2v) is 4.55.